The van der Waals surface area contributed by atoms with Gasteiger partial charge in [-0.25, -0.2) is 4.79 Å². The van der Waals surface area contributed by atoms with Crippen LogP contribution < -0.4 is 0 Å². The summed E-state index contributed by atoms with van der Waals surface area (Å²) in [4.78, 5) is 24.3. The third-order valence-electron chi connectivity index (χ3n) is 4.27. The van der Waals surface area contributed by atoms with Crippen LogP contribution in [0.25, 0.3) is 0 Å². The Hall–Kier alpha value is -2.33. The Balaban J connectivity index is 1.89. The van der Waals surface area contributed by atoms with Crippen LogP contribution in [0.3, 0.4) is 0 Å². The lowest BCUT2D eigenvalue weighted by Gasteiger charge is -2.32. The Morgan fingerprint density at radius 1 is 1.43 bits per heavy atom. The Kier molecular flexibility index (Phi) is 9.02. The van der Waals surface area contributed by atoms with E-state index >= 15 is 0 Å². The van der Waals surface area contributed by atoms with Gasteiger partial charge in [-0.3, -0.25) is 4.79 Å². The number of carboxylic acid groups (broad SMARTS) is 1. The summed E-state index contributed by atoms with van der Waals surface area (Å²) in [7, 11) is 0. The quantitative estimate of drug-likeness (QED) is 0.393. The molecule has 28 heavy (non-hydrogen) atoms. The topological polar surface area (TPSA) is 87.1 Å². The monoisotopic (exact) mass is 405 g/mol. The number of rotatable bonds is 8. The normalized spacial score (nSPS) is 18.0. The van der Waals surface area contributed by atoms with Crippen LogP contribution >= 0.6 is 11.6 Å². The standard InChI is InChI=1S/C21H24ClNO5/c22-17-6-3-5-16(13-17)14-19(24)10-9-18-7-4-8-20(25)23(18)11-1-2-12-28-15-21(26)27/h3,5-6,9-10,13,18-19,24H,4,7-8,11-12,14-15H2,(H,26,27)/t18?,19-/m0/s1. The van der Waals surface area contributed by atoms with Crippen LogP contribution in [0.15, 0.2) is 36.4 Å². The molecule has 0 aromatic heterocycles. The van der Waals surface area contributed by atoms with E-state index in [4.69, 9.17) is 21.4 Å². The highest BCUT2D eigenvalue weighted by Crippen LogP contribution is 2.19. The van der Waals surface area contributed by atoms with E-state index in [0.717, 1.165) is 18.4 Å². The predicted octanol–water partition coefficient (Wildman–Crippen LogP) is 2.29. The molecule has 1 fully saturated rings. The lowest BCUT2D eigenvalue weighted by Crippen LogP contribution is -2.42. The first kappa shape index (κ1) is 22.0. The number of aliphatic hydroxyl groups excluding tert-OH is 1. The van der Waals surface area contributed by atoms with Crippen LogP contribution in [0.5, 0.6) is 0 Å². The number of aliphatic carboxylic acids is 1. The first-order chi connectivity index (χ1) is 13.5. The van der Waals surface area contributed by atoms with Gasteiger partial charge in [0, 0.05) is 17.9 Å². The van der Waals surface area contributed by atoms with Crippen molar-refractivity contribution < 1.29 is 24.5 Å². The minimum Gasteiger partial charge on any atom is -0.480 e. The molecule has 7 heteroatoms. The summed E-state index contributed by atoms with van der Waals surface area (Å²) in [5.41, 5.74) is 0.938. The third-order valence-corrected chi connectivity index (χ3v) is 4.51. The molecule has 1 aromatic carbocycles. The largest absolute Gasteiger partial charge is 0.480 e. The van der Waals surface area contributed by atoms with Gasteiger partial charge in [0.2, 0.25) is 5.91 Å². The van der Waals surface area contributed by atoms with Gasteiger partial charge < -0.3 is 19.8 Å². The van der Waals surface area contributed by atoms with E-state index in [1.807, 2.05) is 24.3 Å². The minimum atomic E-state index is -1.05. The maximum absolute atomic E-state index is 12.2. The first-order valence-electron chi connectivity index (χ1n) is 9.11. The molecular formula is C21H24ClNO5. The number of halogens is 1. The van der Waals surface area contributed by atoms with E-state index in [1.165, 1.54) is 0 Å². The van der Waals surface area contributed by atoms with E-state index in [-0.39, 0.29) is 25.1 Å². The molecule has 1 heterocycles. The number of likely N-dealkylation sites (tertiary alicyclic amines) is 1. The summed E-state index contributed by atoms with van der Waals surface area (Å²) in [6.45, 7) is -0.144. The summed E-state index contributed by atoms with van der Waals surface area (Å²) in [5, 5.41) is 19.4. The first-order valence-corrected chi connectivity index (χ1v) is 9.49. The average molecular weight is 406 g/mol. The van der Waals surface area contributed by atoms with Crippen molar-refractivity contribution in [2.24, 2.45) is 0 Å². The van der Waals surface area contributed by atoms with Gasteiger partial charge in [-0.15, -0.1) is 0 Å². The molecule has 2 rings (SSSR count). The lowest BCUT2D eigenvalue weighted by molar-refractivity contribution is -0.141. The second-order valence-corrected chi connectivity index (χ2v) is 6.94. The summed E-state index contributed by atoms with van der Waals surface area (Å²) in [5.74, 6) is 4.54. The molecule has 6 nitrogen and oxygen atoms in total. The number of ether oxygens (including phenoxy) is 1. The second-order valence-electron chi connectivity index (χ2n) is 6.51. The lowest BCUT2D eigenvalue weighted by atomic mass is 9.99. The molecule has 1 aromatic rings. The van der Waals surface area contributed by atoms with Crippen LogP contribution in [-0.2, 0) is 20.7 Å². The smallest absolute Gasteiger partial charge is 0.329 e. The molecule has 150 valence electrons. The molecule has 1 aliphatic heterocycles. The van der Waals surface area contributed by atoms with Crippen molar-refractivity contribution in [2.45, 2.75) is 37.8 Å². The molecule has 1 unspecified atom stereocenters. The van der Waals surface area contributed by atoms with Crippen molar-refractivity contribution in [3.63, 3.8) is 0 Å². The number of hydrogen-bond donors (Lipinski definition) is 2. The number of carbonyl (C=O) groups is 2. The number of hydrogen-bond acceptors (Lipinski definition) is 4. The third kappa shape index (κ3) is 7.73. The zero-order chi connectivity index (χ0) is 20.4. The Bertz CT molecular complexity index is 768. The van der Waals surface area contributed by atoms with E-state index in [9.17, 15) is 14.7 Å². The summed E-state index contributed by atoms with van der Waals surface area (Å²) in [6.07, 6.45) is 5.42. The highest BCUT2D eigenvalue weighted by molar-refractivity contribution is 6.30. The fourth-order valence-corrected chi connectivity index (χ4v) is 3.18. The Morgan fingerprint density at radius 3 is 3.00 bits per heavy atom. The number of carbonyl (C=O) groups excluding carboxylic acids is 1. The van der Waals surface area contributed by atoms with Crippen molar-refractivity contribution in [2.75, 3.05) is 19.8 Å². The Morgan fingerprint density at radius 2 is 2.25 bits per heavy atom. The van der Waals surface area contributed by atoms with Gasteiger partial charge in [0.05, 0.1) is 18.7 Å². The molecule has 0 radical (unpaired) electrons. The number of piperidine rings is 1. The van der Waals surface area contributed by atoms with Crippen molar-refractivity contribution >= 4 is 23.5 Å². The molecule has 2 N–H and O–H groups in total. The highest BCUT2D eigenvalue weighted by atomic mass is 35.5. The Labute approximate surface area is 169 Å². The zero-order valence-corrected chi connectivity index (χ0v) is 16.3. The van der Waals surface area contributed by atoms with Crippen LogP contribution in [0.1, 0.15) is 24.8 Å². The average Bonchev–Trinajstić information content (AvgIpc) is 2.64. The van der Waals surface area contributed by atoms with Gasteiger partial charge in [-0.2, -0.15) is 0 Å². The number of aliphatic hydroxyl groups is 1. The van der Waals surface area contributed by atoms with Crippen molar-refractivity contribution in [3.8, 4) is 11.8 Å². The number of amides is 1. The van der Waals surface area contributed by atoms with Gasteiger partial charge in [-0.05, 0) is 30.5 Å². The molecule has 2 atom stereocenters. The summed E-state index contributed by atoms with van der Waals surface area (Å²) >= 11 is 5.96. The molecule has 0 aliphatic carbocycles. The summed E-state index contributed by atoms with van der Waals surface area (Å²) in [6, 6.07) is 7.23. The van der Waals surface area contributed by atoms with E-state index in [1.54, 1.807) is 17.0 Å². The van der Waals surface area contributed by atoms with Crippen molar-refractivity contribution in [3.05, 3.63) is 47.0 Å². The number of nitrogens with zero attached hydrogens (tertiary/aromatic N) is 1. The SMILES string of the molecule is O=C(O)COCC#CCN1C(=O)CCCC1C=C[C@H](O)Cc1cccc(Cl)c1. The highest BCUT2D eigenvalue weighted by Gasteiger charge is 2.25. The molecule has 1 amide bonds. The zero-order valence-electron chi connectivity index (χ0n) is 15.5. The molecule has 1 saturated heterocycles. The number of carboxylic acids is 1. The van der Waals surface area contributed by atoms with E-state index in [0.29, 0.717) is 17.9 Å². The molecule has 0 spiro atoms. The predicted molar refractivity (Wildman–Crippen MR) is 106 cm³/mol. The summed E-state index contributed by atoms with van der Waals surface area (Å²) < 4.78 is 4.85. The fraction of sp³-hybridized carbons (Fsp3) is 0.429. The molecule has 1 aliphatic rings. The van der Waals surface area contributed by atoms with E-state index in [2.05, 4.69) is 11.8 Å². The van der Waals surface area contributed by atoms with Gasteiger partial charge in [0.1, 0.15) is 13.2 Å². The molecular weight excluding hydrogens is 382 g/mol. The van der Waals surface area contributed by atoms with Gasteiger partial charge in [-0.1, -0.05) is 47.7 Å². The maximum atomic E-state index is 12.2. The van der Waals surface area contributed by atoms with Crippen molar-refractivity contribution in [1.29, 1.82) is 0 Å². The van der Waals surface area contributed by atoms with E-state index < -0.39 is 18.7 Å². The van der Waals surface area contributed by atoms with Crippen LogP contribution in [0, 0.1) is 11.8 Å². The van der Waals surface area contributed by atoms with Crippen LogP contribution in [-0.4, -0.2) is 58.9 Å². The van der Waals surface area contributed by atoms with Crippen LogP contribution in [0.4, 0.5) is 0 Å². The van der Waals surface area contributed by atoms with Gasteiger partial charge in [0.15, 0.2) is 0 Å². The van der Waals surface area contributed by atoms with Gasteiger partial charge >= 0.3 is 5.97 Å². The fourth-order valence-electron chi connectivity index (χ4n) is 2.96. The molecule has 0 bridgehead atoms. The minimum absolute atomic E-state index is 0.00713. The van der Waals surface area contributed by atoms with Gasteiger partial charge in [0.25, 0.3) is 0 Å². The second kappa shape index (κ2) is 11.5. The van der Waals surface area contributed by atoms with Crippen LogP contribution in [0.2, 0.25) is 5.02 Å². The number of benzene rings is 1. The van der Waals surface area contributed by atoms with Crippen molar-refractivity contribution in [1.82, 2.24) is 4.90 Å². The molecule has 0 saturated carbocycles. The maximum Gasteiger partial charge on any atom is 0.329 e.